The molecule has 2 aliphatic heterocycles. The molecule has 0 unspecified atom stereocenters. The predicted molar refractivity (Wildman–Crippen MR) is 76.1 cm³/mol. The summed E-state index contributed by atoms with van der Waals surface area (Å²) in [5, 5.41) is 3.44. The Bertz CT molecular complexity index is 427. The van der Waals surface area contributed by atoms with Gasteiger partial charge < -0.3 is 10.2 Å². The molecular weight excluding hydrogens is 236 g/mol. The zero-order chi connectivity index (χ0) is 13.1. The van der Waals surface area contributed by atoms with E-state index in [1.807, 2.05) is 35.2 Å². The highest BCUT2D eigenvalue weighted by molar-refractivity contribution is 5.94. The highest BCUT2D eigenvalue weighted by Crippen LogP contribution is 2.39. The van der Waals surface area contributed by atoms with Crippen molar-refractivity contribution < 1.29 is 4.79 Å². The lowest BCUT2D eigenvalue weighted by atomic mass is 9.71. The fourth-order valence-electron chi connectivity index (χ4n) is 3.40. The second kappa shape index (κ2) is 5.33. The second-order valence-corrected chi connectivity index (χ2v) is 5.91. The standard InChI is InChI=1S/C16H22N2O/c19-15(14-4-2-1-3-5-14)18-12-8-16(9-13-18)6-10-17-11-7-16/h1-5,17H,6-13H2. The number of rotatable bonds is 1. The molecule has 1 spiro atoms. The molecule has 2 saturated heterocycles. The zero-order valence-electron chi connectivity index (χ0n) is 11.4. The van der Waals surface area contributed by atoms with E-state index in [4.69, 9.17) is 0 Å². The van der Waals surface area contributed by atoms with E-state index in [-0.39, 0.29) is 5.91 Å². The summed E-state index contributed by atoms with van der Waals surface area (Å²) in [6, 6.07) is 9.66. The summed E-state index contributed by atoms with van der Waals surface area (Å²) in [5.41, 5.74) is 1.34. The van der Waals surface area contributed by atoms with E-state index in [0.29, 0.717) is 5.41 Å². The molecule has 1 N–H and O–H groups in total. The summed E-state index contributed by atoms with van der Waals surface area (Å²) >= 11 is 0. The fraction of sp³-hybridized carbons (Fsp3) is 0.562. The van der Waals surface area contributed by atoms with E-state index in [2.05, 4.69) is 5.32 Å². The normalized spacial score (nSPS) is 22.4. The summed E-state index contributed by atoms with van der Waals surface area (Å²) in [5.74, 6) is 0.199. The van der Waals surface area contributed by atoms with Crippen LogP contribution in [-0.2, 0) is 0 Å². The summed E-state index contributed by atoms with van der Waals surface area (Å²) in [6.07, 6.45) is 4.90. The number of likely N-dealkylation sites (tertiary alicyclic amines) is 1. The molecule has 102 valence electrons. The van der Waals surface area contributed by atoms with Gasteiger partial charge in [-0.25, -0.2) is 0 Å². The largest absolute Gasteiger partial charge is 0.339 e. The number of carbonyl (C=O) groups is 1. The zero-order valence-corrected chi connectivity index (χ0v) is 11.4. The molecule has 0 radical (unpaired) electrons. The Morgan fingerprint density at radius 2 is 1.63 bits per heavy atom. The van der Waals surface area contributed by atoms with E-state index >= 15 is 0 Å². The minimum Gasteiger partial charge on any atom is -0.339 e. The van der Waals surface area contributed by atoms with Gasteiger partial charge in [-0.1, -0.05) is 18.2 Å². The van der Waals surface area contributed by atoms with Crippen molar-refractivity contribution in [2.45, 2.75) is 25.7 Å². The van der Waals surface area contributed by atoms with Gasteiger partial charge in [0.1, 0.15) is 0 Å². The van der Waals surface area contributed by atoms with Gasteiger partial charge in [-0.3, -0.25) is 4.79 Å². The van der Waals surface area contributed by atoms with E-state index in [0.717, 1.165) is 31.7 Å². The Hall–Kier alpha value is -1.35. The van der Waals surface area contributed by atoms with Crippen LogP contribution in [0.4, 0.5) is 0 Å². The van der Waals surface area contributed by atoms with Gasteiger partial charge in [0.25, 0.3) is 5.91 Å². The fourth-order valence-corrected chi connectivity index (χ4v) is 3.40. The summed E-state index contributed by atoms with van der Waals surface area (Å²) in [4.78, 5) is 14.4. The average Bonchev–Trinajstić information content (AvgIpc) is 2.49. The van der Waals surface area contributed by atoms with Crippen molar-refractivity contribution >= 4 is 5.91 Å². The van der Waals surface area contributed by atoms with Crippen LogP contribution in [0.3, 0.4) is 0 Å². The monoisotopic (exact) mass is 258 g/mol. The molecule has 0 bridgehead atoms. The lowest BCUT2D eigenvalue weighted by Gasteiger charge is -2.44. The van der Waals surface area contributed by atoms with E-state index in [1.165, 1.54) is 25.7 Å². The lowest BCUT2D eigenvalue weighted by Crippen LogP contribution is -2.47. The van der Waals surface area contributed by atoms with Gasteiger partial charge in [0.05, 0.1) is 0 Å². The molecule has 2 aliphatic rings. The van der Waals surface area contributed by atoms with Crippen LogP contribution in [0.2, 0.25) is 0 Å². The third kappa shape index (κ3) is 2.66. The Morgan fingerprint density at radius 1 is 1.00 bits per heavy atom. The third-order valence-electron chi connectivity index (χ3n) is 4.80. The maximum atomic E-state index is 12.4. The maximum Gasteiger partial charge on any atom is 0.253 e. The van der Waals surface area contributed by atoms with Crippen molar-refractivity contribution in [1.29, 1.82) is 0 Å². The molecular formula is C16H22N2O. The molecule has 19 heavy (non-hydrogen) atoms. The number of hydrogen-bond acceptors (Lipinski definition) is 2. The van der Waals surface area contributed by atoms with Crippen molar-refractivity contribution in [3.63, 3.8) is 0 Å². The number of carbonyl (C=O) groups excluding carboxylic acids is 1. The highest BCUT2D eigenvalue weighted by Gasteiger charge is 2.36. The van der Waals surface area contributed by atoms with Crippen LogP contribution < -0.4 is 5.32 Å². The topological polar surface area (TPSA) is 32.3 Å². The molecule has 1 amide bonds. The van der Waals surface area contributed by atoms with Gasteiger partial charge in [-0.05, 0) is 56.3 Å². The SMILES string of the molecule is O=C(c1ccccc1)N1CCC2(CCNCC2)CC1. The minimum absolute atomic E-state index is 0.199. The van der Waals surface area contributed by atoms with Gasteiger partial charge in [-0.15, -0.1) is 0 Å². The number of piperidine rings is 2. The van der Waals surface area contributed by atoms with Crippen LogP contribution in [-0.4, -0.2) is 37.0 Å². The van der Waals surface area contributed by atoms with Gasteiger partial charge in [0.15, 0.2) is 0 Å². The molecule has 0 saturated carbocycles. The first-order chi connectivity index (χ1) is 9.29. The number of benzene rings is 1. The second-order valence-electron chi connectivity index (χ2n) is 5.91. The molecule has 2 heterocycles. The molecule has 3 nitrogen and oxygen atoms in total. The highest BCUT2D eigenvalue weighted by atomic mass is 16.2. The van der Waals surface area contributed by atoms with E-state index in [9.17, 15) is 4.79 Å². The van der Waals surface area contributed by atoms with Crippen molar-refractivity contribution in [2.75, 3.05) is 26.2 Å². The third-order valence-corrected chi connectivity index (χ3v) is 4.80. The molecule has 0 atom stereocenters. The Morgan fingerprint density at radius 3 is 2.26 bits per heavy atom. The molecule has 3 rings (SSSR count). The minimum atomic E-state index is 0.199. The molecule has 2 fully saturated rings. The summed E-state index contributed by atoms with van der Waals surface area (Å²) in [7, 11) is 0. The van der Waals surface area contributed by atoms with Crippen molar-refractivity contribution in [3.8, 4) is 0 Å². The van der Waals surface area contributed by atoms with Crippen molar-refractivity contribution in [1.82, 2.24) is 10.2 Å². The number of amides is 1. The molecule has 0 aliphatic carbocycles. The van der Waals surface area contributed by atoms with Crippen molar-refractivity contribution in [3.05, 3.63) is 35.9 Å². The first-order valence-electron chi connectivity index (χ1n) is 7.34. The quantitative estimate of drug-likeness (QED) is 0.838. The Balaban J connectivity index is 1.62. The Labute approximate surface area is 115 Å². The molecule has 0 aromatic heterocycles. The number of nitrogens with one attached hydrogen (secondary N) is 1. The van der Waals surface area contributed by atoms with Gasteiger partial charge >= 0.3 is 0 Å². The van der Waals surface area contributed by atoms with Gasteiger partial charge in [0.2, 0.25) is 0 Å². The summed E-state index contributed by atoms with van der Waals surface area (Å²) in [6.45, 7) is 4.14. The van der Waals surface area contributed by atoms with Crippen LogP contribution >= 0.6 is 0 Å². The molecule has 1 aromatic rings. The number of hydrogen-bond donors (Lipinski definition) is 1. The van der Waals surface area contributed by atoms with E-state index in [1.54, 1.807) is 0 Å². The maximum absolute atomic E-state index is 12.4. The van der Waals surface area contributed by atoms with Crippen molar-refractivity contribution in [2.24, 2.45) is 5.41 Å². The van der Waals surface area contributed by atoms with E-state index < -0.39 is 0 Å². The Kier molecular flexibility index (Phi) is 3.56. The van der Waals surface area contributed by atoms with Crippen LogP contribution in [0.25, 0.3) is 0 Å². The first kappa shape index (κ1) is 12.7. The van der Waals surface area contributed by atoms with Crippen LogP contribution in [0.15, 0.2) is 30.3 Å². The number of nitrogens with zero attached hydrogens (tertiary/aromatic N) is 1. The molecule has 3 heteroatoms. The van der Waals surface area contributed by atoms with Crippen LogP contribution in [0, 0.1) is 5.41 Å². The molecule has 1 aromatic carbocycles. The summed E-state index contributed by atoms with van der Waals surface area (Å²) < 4.78 is 0. The van der Waals surface area contributed by atoms with Gasteiger partial charge in [-0.2, -0.15) is 0 Å². The lowest BCUT2D eigenvalue weighted by molar-refractivity contribution is 0.0496. The van der Waals surface area contributed by atoms with Gasteiger partial charge in [0, 0.05) is 18.7 Å². The smallest absolute Gasteiger partial charge is 0.253 e. The first-order valence-corrected chi connectivity index (χ1v) is 7.34. The van der Waals surface area contributed by atoms with Crippen LogP contribution in [0.1, 0.15) is 36.0 Å². The van der Waals surface area contributed by atoms with Crippen LogP contribution in [0.5, 0.6) is 0 Å². The average molecular weight is 258 g/mol. The predicted octanol–water partition coefficient (Wildman–Crippen LogP) is 2.29.